The zero-order valence-corrected chi connectivity index (χ0v) is 10.4. The van der Waals surface area contributed by atoms with Gasteiger partial charge in [-0.2, -0.15) is 0 Å². The Morgan fingerprint density at radius 1 is 1.59 bits per heavy atom. The van der Waals surface area contributed by atoms with Gasteiger partial charge in [-0.25, -0.2) is 4.98 Å². The first-order valence-corrected chi connectivity index (χ1v) is 6.17. The van der Waals surface area contributed by atoms with Gasteiger partial charge in [-0.15, -0.1) is 0 Å². The van der Waals surface area contributed by atoms with E-state index in [-0.39, 0.29) is 11.8 Å². The fourth-order valence-electron chi connectivity index (χ4n) is 1.82. The van der Waals surface area contributed by atoms with Gasteiger partial charge >= 0.3 is 0 Å². The van der Waals surface area contributed by atoms with Crippen molar-refractivity contribution in [1.29, 1.82) is 0 Å². The molecule has 1 aromatic rings. The molecular weight excluding hydrogens is 218 g/mol. The Kier molecular flexibility index (Phi) is 3.78. The van der Waals surface area contributed by atoms with Crippen molar-refractivity contribution in [3.05, 3.63) is 17.8 Å². The quantitative estimate of drug-likeness (QED) is 0.859. The summed E-state index contributed by atoms with van der Waals surface area (Å²) in [5, 5.41) is 3.22. The van der Waals surface area contributed by atoms with E-state index in [1.54, 1.807) is 0 Å². The number of carbonyl (C=O) groups excluding carboxylic acids is 1. The summed E-state index contributed by atoms with van der Waals surface area (Å²) in [5.41, 5.74) is 0.433. The molecule has 2 heterocycles. The van der Waals surface area contributed by atoms with Crippen molar-refractivity contribution in [2.45, 2.75) is 26.2 Å². The lowest BCUT2D eigenvalue weighted by Gasteiger charge is -2.26. The molecule has 17 heavy (non-hydrogen) atoms. The average molecular weight is 237 g/mol. The van der Waals surface area contributed by atoms with Gasteiger partial charge in [-0.1, -0.05) is 13.8 Å². The van der Waals surface area contributed by atoms with Crippen LogP contribution in [0.1, 0.15) is 42.6 Å². The molecule has 1 amide bonds. The highest BCUT2D eigenvalue weighted by atomic mass is 16.3. The van der Waals surface area contributed by atoms with E-state index in [0.29, 0.717) is 11.6 Å². The third-order valence-corrected chi connectivity index (χ3v) is 3.18. The van der Waals surface area contributed by atoms with Crippen LogP contribution in [0, 0.1) is 0 Å². The third kappa shape index (κ3) is 2.66. The van der Waals surface area contributed by atoms with E-state index in [1.165, 1.54) is 6.26 Å². The molecule has 1 N–H and O–H groups in total. The molecule has 1 atom stereocenters. The van der Waals surface area contributed by atoms with Gasteiger partial charge in [-0.05, 0) is 6.42 Å². The molecule has 1 aliphatic rings. The van der Waals surface area contributed by atoms with Gasteiger partial charge in [0, 0.05) is 32.1 Å². The fourth-order valence-corrected chi connectivity index (χ4v) is 1.82. The molecule has 0 aliphatic carbocycles. The van der Waals surface area contributed by atoms with Gasteiger partial charge < -0.3 is 14.6 Å². The van der Waals surface area contributed by atoms with Crippen molar-refractivity contribution in [2.75, 3.05) is 26.2 Å². The van der Waals surface area contributed by atoms with Gasteiger partial charge in [0.2, 0.25) is 0 Å². The molecule has 1 saturated heterocycles. The van der Waals surface area contributed by atoms with Crippen molar-refractivity contribution in [1.82, 2.24) is 15.2 Å². The average Bonchev–Trinajstić information content (AvgIpc) is 2.87. The van der Waals surface area contributed by atoms with E-state index in [1.807, 2.05) is 11.8 Å². The molecule has 5 heteroatoms. The summed E-state index contributed by atoms with van der Waals surface area (Å²) in [7, 11) is 0. The number of amides is 1. The smallest absolute Gasteiger partial charge is 0.275 e. The van der Waals surface area contributed by atoms with Gasteiger partial charge in [0.15, 0.2) is 11.6 Å². The first-order chi connectivity index (χ1) is 8.22. The largest absolute Gasteiger partial charge is 0.448 e. The minimum absolute atomic E-state index is 0.0233. The van der Waals surface area contributed by atoms with Crippen LogP contribution in [0.4, 0.5) is 0 Å². The summed E-state index contributed by atoms with van der Waals surface area (Å²) in [6, 6.07) is 0. The lowest BCUT2D eigenvalue weighted by molar-refractivity contribution is 0.0730. The molecule has 0 saturated carbocycles. The number of nitrogens with one attached hydrogen (secondary N) is 1. The number of hydrogen-bond acceptors (Lipinski definition) is 4. The second-order valence-corrected chi connectivity index (χ2v) is 4.42. The highest BCUT2D eigenvalue weighted by molar-refractivity contribution is 5.92. The molecule has 0 radical (unpaired) electrons. The normalized spacial score (nSPS) is 18.1. The van der Waals surface area contributed by atoms with Crippen LogP contribution >= 0.6 is 0 Å². The Bertz CT molecular complexity index is 383. The maximum atomic E-state index is 12.1. The summed E-state index contributed by atoms with van der Waals surface area (Å²) < 4.78 is 5.36. The minimum atomic E-state index is -0.0233. The second kappa shape index (κ2) is 5.31. The number of carbonyl (C=O) groups is 1. The van der Waals surface area contributed by atoms with Crippen molar-refractivity contribution < 1.29 is 9.21 Å². The van der Waals surface area contributed by atoms with E-state index < -0.39 is 0 Å². The second-order valence-electron chi connectivity index (χ2n) is 4.42. The van der Waals surface area contributed by atoms with Crippen LogP contribution in [0.2, 0.25) is 0 Å². The number of piperazine rings is 1. The molecule has 1 aliphatic heterocycles. The van der Waals surface area contributed by atoms with E-state index in [2.05, 4.69) is 17.2 Å². The summed E-state index contributed by atoms with van der Waals surface area (Å²) >= 11 is 0. The molecule has 1 fully saturated rings. The zero-order chi connectivity index (χ0) is 12.3. The molecule has 0 spiro atoms. The Morgan fingerprint density at radius 2 is 2.29 bits per heavy atom. The van der Waals surface area contributed by atoms with Crippen LogP contribution in [-0.2, 0) is 0 Å². The molecule has 2 rings (SSSR count). The highest BCUT2D eigenvalue weighted by Crippen LogP contribution is 2.18. The lowest BCUT2D eigenvalue weighted by atomic mass is 10.1. The molecule has 0 bridgehead atoms. The summed E-state index contributed by atoms with van der Waals surface area (Å²) in [5.74, 6) is 0.898. The van der Waals surface area contributed by atoms with Crippen LogP contribution in [0.15, 0.2) is 10.7 Å². The van der Waals surface area contributed by atoms with Gasteiger partial charge in [0.05, 0.1) is 0 Å². The number of nitrogens with zero attached hydrogens (tertiary/aromatic N) is 2. The van der Waals surface area contributed by atoms with Crippen LogP contribution in [0.25, 0.3) is 0 Å². The van der Waals surface area contributed by atoms with E-state index >= 15 is 0 Å². The maximum absolute atomic E-state index is 12.1. The molecule has 94 valence electrons. The Morgan fingerprint density at radius 3 is 2.94 bits per heavy atom. The predicted octanol–water partition coefficient (Wildman–Crippen LogP) is 1.23. The molecule has 0 aromatic carbocycles. The first kappa shape index (κ1) is 12.1. The van der Waals surface area contributed by atoms with Gasteiger partial charge in [0.1, 0.15) is 6.26 Å². The topological polar surface area (TPSA) is 58.4 Å². The third-order valence-electron chi connectivity index (χ3n) is 3.18. The number of oxazole rings is 1. The monoisotopic (exact) mass is 237 g/mol. The van der Waals surface area contributed by atoms with Crippen LogP contribution in [0.5, 0.6) is 0 Å². The van der Waals surface area contributed by atoms with E-state index in [4.69, 9.17) is 4.42 Å². The van der Waals surface area contributed by atoms with Crippen molar-refractivity contribution >= 4 is 5.91 Å². The number of aromatic nitrogens is 1. The number of hydrogen-bond donors (Lipinski definition) is 1. The zero-order valence-electron chi connectivity index (χ0n) is 10.4. The van der Waals surface area contributed by atoms with Crippen molar-refractivity contribution in [3.63, 3.8) is 0 Å². The SMILES string of the molecule is CCC(C)c1nc(C(=O)N2CCNCC2)co1. The Balaban J connectivity index is 2.06. The van der Waals surface area contributed by atoms with Gasteiger partial charge in [-0.3, -0.25) is 4.79 Å². The van der Waals surface area contributed by atoms with E-state index in [9.17, 15) is 4.79 Å². The fraction of sp³-hybridized carbons (Fsp3) is 0.667. The molecule has 1 unspecified atom stereocenters. The molecule has 1 aromatic heterocycles. The van der Waals surface area contributed by atoms with Crippen LogP contribution in [-0.4, -0.2) is 42.0 Å². The molecular formula is C12H19N3O2. The minimum Gasteiger partial charge on any atom is -0.448 e. The summed E-state index contributed by atoms with van der Waals surface area (Å²) in [4.78, 5) is 18.2. The summed E-state index contributed by atoms with van der Waals surface area (Å²) in [6.07, 6.45) is 2.44. The van der Waals surface area contributed by atoms with Crippen LogP contribution in [0.3, 0.4) is 0 Å². The first-order valence-electron chi connectivity index (χ1n) is 6.17. The predicted molar refractivity (Wildman–Crippen MR) is 64.0 cm³/mol. The highest BCUT2D eigenvalue weighted by Gasteiger charge is 2.22. The Hall–Kier alpha value is -1.36. The standard InChI is InChI=1S/C12H19N3O2/c1-3-9(2)11-14-10(8-17-11)12(16)15-6-4-13-5-7-15/h8-9,13H,3-7H2,1-2H3. The van der Waals surface area contributed by atoms with Crippen molar-refractivity contribution in [3.8, 4) is 0 Å². The lowest BCUT2D eigenvalue weighted by Crippen LogP contribution is -2.46. The number of rotatable bonds is 3. The van der Waals surface area contributed by atoms with Gasteiger partial charge in [0.25, 0.3) is 5.91 Å². The van der Waals surface area contributed by atoms with E-state index in [0.717, 1.165) is 32.6 Å². The maximum Gasteiger partial charge on any atom is 0.275 e. The van der Waals surface area contributed by atoms with Crippen LogP contribution < -0.4 is 5.32 Å². The van der Waals surface area contributed by atoms with Crippen molar-refractivity contribution in [2.24, 2.45) is 0 Å². The molecule has 5 nitrogen and oxygen atoms in total. The Labute approximate surface area is 101 Å². The summed E-state index contributed by atoms with van der Waals surface area (Å²) in [6.45, 7) is 7.30.